The van der Waals surface area contributed by atoms with Crippen LogP contribution in [0.5, 0.6) is 23.0 Å². The topological polar surface area (TPSA) is 78.9 Å². The maximum absolute atomic E-state index is 12.7. The number of rotatable bonds is 7. The van der Waals surface area contributed by atoms with Crippen LogP contribution in [-0.2, 0) is 0 Å². The van der Waals surface area contributed by atoms with E-state index in [9.17, 15) is 4.79 Å². The number of nitrogens with one attached hydrogen (secondary N) is 1. The molecule has 0 spiro atoms. The molecule has 7 nitrogen and oxygen atoms in total. The van der Waals surface area contributed by atoms with Crippen LogP contribution in [-0.4, -0.2) is 39.3 Å². The summed E-state index contributed by atoms with van der Waals surface area (Å²) in [5.74, 6) is 2.12. The minimum atomic E-state index is -0.296. The second-order valence-electron chi connectivity index (χ2n) is 6.07. The summed E-state index contributed by atoms with van der Waals surface area (Å²) in [6.07, 6.45) is 0. The van der Waals surface area contributed by atoms with Crippen LogP contribution in [0.3, 0.4) is 0 Å². The van der Waals surface area contributed by atoms with Gasteiger partial charge in [0, 0.05) is 22.1 Å². The van der Waals surface area contributed by atoms with Crippen LogP contribution in [0.4, 0.5) is 5.13 Å². The Morgan fingerprint density at radius 1 is 0.897 bits per heavy atom. The zero-order valence-corrected chi connectivity index (χ0v) is 17.7. The molecule has 2 aromatic carbocycles. The van der Waals surface area contributed by atoms with Crippen molar-refractivity contribution in [2.24, 2.45) is 0 Å². The number of carbonyl (C=O) groups is 1. The molecule has 1 aromatic heterocycles. The number of nitrogens with zero attached hydrogens (tertiary/aromatic N) is 1. The number of amides is 1. The number of benzene rings is 2. The molecule has 0 aliphatic heterocycles. The average Bonchev–Trinajstić information content (AvgIpc) is 3.21. The van der Waals surface area contributed by atoms with E-state index in [1.54, 1.807) is 40.6 Å². The number of hydrogen-bond acceptors (Lipinski definition) is 7. The van der Waals surface area contributed by atoms with Crippen LogP contribution in [0, 0.1) is 6.92 Å². The first-order valence-electron chi connectivity index (χ1n) is 8.72. The molecule has 29 heavy (non-hydrogen) atoms. The van der Waals surface area contributed by atoms with Gasteiger partial charge < -0.3 is 18.9 Å². The van der Waals surface area contributed by atoms with Crippen LogP contribution < -0.4 is 24.3 Å². The largest absolute Gasteiger partial charge is 0.496 e. The highest BCUT2D eigenvalue weighted by Gasteiger charge is 2.16. The van der Waals surface area contributed by atoms with Gasteiger partial charge in [-0.2, -0.15) is 0 Å². The molecule has 3 aromatic rings. The molecule has 0 aliphatic rings. The Bertz CT molecular complexity index is 1010. The van der Waals surface area contributed by atoms with Crippen LogP contribution in [0.25, 0.3) is 11.3 Å². The Balaban J connectivity index is 1.83. The van der Waals surface area contributed by atoms with Gasteiger partial charge in [-0.25, -0.2) is 4.98 Å². The molecular weight excluding hydrogens is 392 g/mol. The standard InChI is InChI=1S/C21H22N2O5S/c1-12-17(26-3)9-14(10-18(12)27-4)20(24)23-21-22-15(11-29-21)13-6-7-16(25-2)19(8-13)28-5/h6-11H,1-5H3,(H,22,23,24). The number of methoxy groups -OCH3 is 4. The Kier molecular flexibility index (Phi) is 6.23. The lowest BCUT2D eigenvalue weighted by molar-refractivity contribution is 0.102. The lowest BCUT2D eigenvalue weighted by atomic mass is 10.1. The molecule has 0 atom stereocenters. The summed E-state index contributed by atoms with van der Waals surface area (Å²) in [5, 5.41) is 5.18. The quantitative estimate of drug-likeness (QED) is 0.617. The first-order valence-corrected chi connectivity index (χ1v) is 9.60. The first-order chi connectivity index (χ1) is 14.0. The maximum atomic E-state index is 12.7. The van der Waals surface area contributed by atoms with Crippen molar-refractivity contribution in [2.75, 3.05) is 33.8 Å². The number of hydrogen-bond donors (Lipinski definition) is 1. The molecular formula is C21H22N2O5S. The van der Waals surface area contributed by atoms with Gasteiger partial charge in [-0.3, -0.25) is 10.1 Å². The summed E-state index contributed by atoms with van der Waals surface area (Å²) >= 11 is 1.34. The fourth-order valence-corrected chi connectivity index (χ4v) is 3.56. The highest BCUT2D eigenvalue weighted by atomic mass is 32.1. The molecule has 152 valence electrons. The van der Waals surface area contributed by atoms with Gasteiger partial charge in [0.25, 0.3) is 5.91 Å². The van der Waals surface area contributed by atoms with Crippen LogP contribution in [0.2, 0.25) is 0 Å². The van der Waals surface area contributed by atoms with Crippen LogP contribution in [0.1, 0.15) is 15.9 Å². The molecule has 0 fully saturated rings. The number of anilines is 1. The molecule has 0 radical (unpaired) electrons. The molecule has 0 aliphatic carbocycles. The summed E-state index contributed by atoms with van der Waals surface area (Å²) < 4.78 is 21.3. The molecule has 0 saturated heterocycles. The van der Waals surface area contributed by atoms with E-state index in [2.05, 4.69) is 10.3 Å². The molecule has 1 heterocycles. The van der Waals surface area contributed by atoms with Gasteiger partial charge in [-0.05, 0) is 37.3 Å². The predicted molar refractivity (Wildman–Crippen MR) is 113 cm³/mol. The number of carbonyl (C=O) groups excluding carboxylic acids is 1. The highest BCUT2D eigenvalue weighted by Crippen LogP contribution is 2.34. The average molecular weight is 414 g/mol. The second kappa shape index (κ2) is 8.83. The van der Waals surface area contributed by atoms with E-state index in [1.807, 2.05) is 30.5 Å². The van der Waals surface area contributed by atoms with Crippen LogP contribution in [0.15, 0.2) is 35.7 Å². The lowest BCUT2D eigenvalue weighted by Crippen LogP contribution is -2.12. The second-order valence-corrected chi connectivity index (χ2v) is 6.93. The van der Waals surface area contributed by atoms with E-state index in [-0.39, 0.29) is 5.91 Å². The monoisotopic (exact) mass is 414 g/mol. The zero-order valence-electron chi connectivity index (χ0n) is 16.9. The van der Waals surface area contributed by atoms with Crippen LogP contribution >= 0.6 is 11.3 Å². The molecule has 0 bridgehead atoms. The van der Waals surface area contributed by atoms with Gasteiger partial charge in [0.2, 0.25) is 0 Å². The van der Waals surface area contributed by atoms with E-state index in [0.717, 1.165) is 16.8 Å². The third-order valence-corrected chi connectivity index (χ3v) is 5.18. The van der Waals surface area contributed by atoms with Crippen molar-refractivity contribution in [2.45, 2.75) is 6.92 Å². The summed E-state index contributed by atoms with van der Waals surface area (Å²) in [6, 6.07) is 8.90. The van der Waals surface area contributed by atoms with Crippen molar-refractivity contribution in [3.05, 3.63) is 46.8 Å². The Morgan fingerprint density at radius 2 is 1.52 bits per heavy atom. The maximum Gasteiger partial charge on any atom is 0.257 e. The van der Waals surface area contributed by atoms with E-state index in [0.29, 0.717) is 33.7 Å². The van der Waals surface area contributed by atoms with E-state index in [4.69, 9.17) is 18.9 Å². The molecule has 1 amide bonds. The molecule has 3 rings (SSSR count). The van der Waals surface area contributed by atoms with Crippen molar-refractivity contribution in [1.29, 1.82) is 0 Å². The van der Waals surface area contributed by atoms with E-state index < -0.39 is 0 Å². The summed E-state index contributed by atoms with van der Waals surface area (Å²) in [4.78, 5) is 17.2. The predicted octanol–water partition coefficient (Wildman–Crippen LogP) is 4.41. The lowest BCUT2D eigenvalue weighted by Gasteiger charge is -2.12. The third-order valence-electron chi connectivity index (χ3n) is 4.42. The first kappa shape index (κ1) is 20.5. The fraction of sp³-hybridized carbons (Fsp3) is 0.238. The van der Waals surface area contributed by atoms with E-state index in [1.165, 1.54) is 11.3 Å². The smallest absolute Gasteiger partial charge is 0.257 e. The normalized spacial score (nSPS) is 10.4. The minimum Gasteiger partial charge on any atom is -0.496 e. The Labute approximate surface area is 173 Å². The van der Waals surface area contributed by atoms with Gasteiger partial charge in [-0.15, -0.1) is 11.3 Å². The molecule has 0 saturated carbocycles. The highest BCUT2D eigenvalue weighted by molar-refractivity contribution is 7.14. The van der Waals surface area contributed by atoms with Gasteiger partial charge in [0.15, 0.2) is 16.6 Å². The van der Waals surface area contributed by atoms with Crippen molar-refractivity contribution in [1.82, 2.24) is 4.98 Å². The molecule has 0 unspecified atom stereocenters. The number of aromatic nitrogens is 1. The van der Waals surface area contributed by atoms with Crippen molar-refractivity contribution < 1.29 is 23.7 Å². The van der Waals surface area contributed by atoms with Crippen molar-refractivity contribution in [3.8, 4) is 34.3 Å². The SMILES string of the molecule is COc1ccc(-c2csc(NC(=O)c3cc(OC)c(C)c(OC)c3)n2)cc1OC. The number of thiazole rings is 1. The summed E-state index contributed by atoms with van der Waals surface area (Å²) in [6.45, 7) is 1.87. The fourth-order valence-electron chi connectivity index (χ4n) is 2.85. The van der Waals surface area contributed by atoms with Gasteiger partial charge in [0.1, 0.15) is 11.5 Å². The Hall–Kier alpha value is -3.26. The van der Waals surface area contributed by atoms with Gasteiger partial charge >= 0.3 is 0 Å². The van der Waals surface area contributed by atoms with Gasteiger partial charge in [-0.1, -0.05) is 0 Å². The Morgan fingerprint density at radius 3 is 2.10 bits per heavy atom. The summed E-state index contributed by atoms with van der Waals surface area (Å²) in [7, 11) is 6.28. The minimum absolute atomic E-state index is 0.296. The number of ether oxygens (including phenoxy) is 4. The third kappa shape index (κ3) is 4.27. The van der Waals surface area contributed by atoms with Gasteiger partial charge in [0.05, 0.1) is 34.1 Å². The molecule has 1 N–H and O–H groups in total. The molecule has 8 heteroatoms. The summed E-state index contributed by atoms with van der Waals surface area (Å²) in [5.41, 5.74) is 2.84. The van der Waals surface area contributed by atoms with E-state index >= 15 is 0 Å². The van der Waals surface area contributed by atoms with Crippen molar-refractivity contribution >= 4 is 22.4 Å². The van der Waals surface area contributed by atoms with Crippen molar-refractivity contribution in [3.63, 3.8) is 0 Å². The zero-order chi connectivity index (χ0) is 21.0.